The van der Waals surface area contributed by atoms with Crippen LogP contribution in [0.15, 0.2) is 0 Å². The molecule has 3 heteroatoms. The van der Waals surface area contributed by atoms with Crippen molar-refractivity contribution in [3.05, 3.63) is 0 Å². The maximum atomic E-state index is 10.4. The van der Waals surface area contributed by atoms with E-state index < -0.39 is 0 Å². The third kappa shape index (κ3) is 1.92. The molecule has 3 nitrogen and oxygen atoms in total. The van der Waals surface area contributed by atoms with Gasteiger partial charge in [0.1, 0.15) is 6.29 Å². The van der Waals surface area contributed by atoms with Gasteiger partial charge >= 0.3 is 0 Å². The van der Waals surface area contributed by atoms with E-state index in [0.717, 1.165) is 32.0 Å². The molecule has 13 heavy (non-hydrogen) atoms. The molecule has 0 bridgehead atoms. The molecule has 0 aromatic rings. The van der Waals surface area contributed by atoms with Crippen LogP contribution in [0.4, 0.5) is 0 Å². The molecule has 1 atom stereocenters. The molecule has 74 valence electrons. The highest BCUT2D eigenvalue weighted by Crippen LogP contribution is 2.39. The first-order valence-corrected chi connectivity index (χ1v) is 5.06. The van der Waals surface area contributed by atoms with Crippen molar-refractivity contribution in [1.29, 1.82) is 0 Å². The molecule has 1 spiro atoms. The van der Waals surface area contributed by atoms with E-state index in [9.17, 15) is 4.79 Å². The quantitative estimate of drug-likeness (QED) is 0.610. The predicted octanol–water partition coefficient (Wildman–Crippen LogP) is 1.51. The molecule has 1 aliphatic carbocycles. The van der Waals surface area contributed by atoms with Gasteiger partial charge in [-0.1, -0.05) is 0 Å². The summed E-state index contributed by atoms with van der Waals surface area (Å²) in [6.07, 6.45) is 5.85. The van der Waals surface area contributed by atoms with Gasteiger partial charge in [-0.15, -0.1) is 0 Å². The van der Waals surface area contributed by atoms with E-state index in [1.165, 1.54) is 0 Å². The minimum atomic E-state index is -0.314. The molecule has 1 saturated carbocycles. The van der Waals surface area contributed by atoms with Crippen molar-refractivity contribution in [2.45, 2.75) is 37.9 Å². The largest absolute Gasteiger partial charge is 0.348 e. The minimum absolute atomic E-state index is 0.314. The number of carbonyl (C=O) groups excluding carboxylic acids is 1. The number of aldehydes is 1. The second-order valence-electron chi connectivity index (χ2n) is 3.97. The lowest BCUT2D eigenvalue weighted by molar-refractivity contribution is -0.187. The van der Waals surface area contributed by atoms with Crippen molar-refractivity contribution in [1.82, 2.24) is 0 Å². The summed E-state index contributed by atoms with van der Waals surface area (Å²) in [6, 6.07) is 0. The SMILES string of the molecule is O=CCC1CCCC2(C1)OCCO2. The third-order valence-electron chi connectivity index (χ3n) is 3.01. The molecular formula is C10H16O3. The Balaban J connectivity index is 1.94. The Morgan fingerprint density at radius 3 is 2.85 bits per heavy atom. The molecule has 0 radical (unpaired) electrons. The number of rotatable bonds is 2. The van der Waals surface area contributed by atoms with E-state index in [2.05, 4.69) is 0 Å². The van der Waals surface area contributed by atoms with Gasteiger partial charge in [0.25, 0.3) is 0 Å². The maximum Gasteiger partial charge on any atom is 0.168 e. The standard InChI is InChI=1S/C10H16O3/c11-5-3-9-2-1-4-10(8-9)12-6-7-13-10/h5,9H,1-4,6-8H2. The molecular weight excluding hydrogens is 168 g/mol. The van der Waals surface area contributed by atoms with Gasteiger partial charge < -0.3 is 14.3 Å². The zero-order valence-corrected chi connectivity index (χ0v) is 7.83. The fraction of sp³-hybridized carbons (Fsp3) is 0.900. The third-order valence-corrected chi connectivity index (χ3v) is 3.01. The van der Waals surface area contributed by atoms with Crippen LogP contribution in [0.2, 0.25) is 0 Å². The fourth-order valence-corrected chi connectivity index (χ4v) is 2.40. The van der Waals surface area contributed by atoms with Gasteiger partial charge in [-0.2, -0.15) is 0 Å². The summed E-state index contributed by atoms with van der Waals surface area (Å²) >= 11 is 0. The average molecular weight is 184 g/mol. The van der Waals surface area contributed by atoms with Crippen molar-refractivity contribution in [3.8, 4) is 0 Å². The molecule has 0 aromatic carbocycles. The Hall–Kier alpha value is -0.410. The Labute approximate surface area is 78.4 Å². The highest BCUT2D eigenvalue weighted by atomic mass is 16.7. The van der Waals surface area contributed by atoms with E-state index in [4.69, 9.17) is 9.47 Å². The highest BCUT2D eigenvalue weighted by molar-refractivity contribution is 5.49. The van der Waals surface area contributed by atoms with Crippen LogP contribution >= 0.6 is 0 Å². The highest BCUT2D eigenvalue weighted by Gasteiger charge is 2.40. The average Bonchev–Trinajstić information content (AvgIpc) is 2.54. The number of hydrogen-bond acceptors (Lipinski definition) is 3. The zero-order valence-electron chi connectivity index (χ0n) is 7.83. The van der Waals surface area contributed by atoms with Crippen LogP contribution in [-0.2, 0) is 14.3 Å². The zero-order chi connectivity index (χ0) is 9.15. The lowest BCUT2D eigenvalue weighted by Gasteiger charge is -2.35. The molecule has 0 aromatic heterocycles. The molecule has 1 heterocycles. The fourth-order valence-electron chi connectivity index (χ4n) is 2.40. The normalized spacial score (nSPS) is 32.2. The van der Waals surface area contributed by atoms with Gasteiger partial charge in [-0.25, -0.2) is 0 Å². The lowest BCUT2D eigenvalue weighted by Crippen LogP contribution is -2.36. The predicted molar refractivity (Wildman–Crippen MR) is 47.3 cm³/mol. The van der Waals surface area contributed by atoms with Gasteiger partial charge in [-0.05, 0) is 18.8 Å². The van der Waals surface area contributed by atoms with Crippen LogP contribution in [0, 0.1) is 5.92 Å². The first-order valence-electron chi connectivity index (χ1n) is 5.06. The van der Waals surface area contributed by atoms with E-state index in [-0.39, 0.29) is 5.79 Å². The van der Waals surface area contributed by atoms with Gasteiger partial charge in [-0.3, -0.25) is 0 Å². The van der Waals surface area contributed by atoms with Crippen LogP contribution in [-0.4, -0.2) is 25.3 Å². The van der Waals surface area contributed by atoms with E-state index in [0.29, 0.717) is 25.6 Å². The number of hydrogen-bond donors (Lipinski definition) is 0. The summed E-state index contributed by atoms with van der Waals surface area (Å²) in [5, 5.41) is 0. The molecule has 0 N–H and O–H groups in total. The van der Waals surface area contributed by atoms with Crippen molar-refractivity contribution >= 4 is 6.29 Å². The van der Waals surface area contributed by atoms with Crippen molar-refractivity contribution < 1.29 is 14.3 Å². The summed E-state index contributed by atoms with van der Waals surface area (Å²) < 4.78 is 11.2. The monoisotopic (exact) mass is 184 g/mol. The van der Waals surface area contributed by atoms with Gasteiger partial charge in [0, 0.05) is 19.3 Å². The molecule has 2 aliphatic rings. The molecule has 1 saturated heterocycles. The lowest BCUT2D eigenvalue weighted by atomic mass is 9.83. The molecule has 1 aliphatic heterocycles. The molecule has 1 unspecified atom stereocenters. The van der Waals surface area contributed by atoms with E-state index in [1.54, 1.807) is 0 Å². The van der Waals surface area contributed by atoms with Gasteiger partial charge in [0.05, 0.1) is 13.2 Å². The van der Waals surface area contributed by atoms with Crippen LogP contribution < -0.4 is 0 Å². The summed E-state index contributed by atoms with van der Waals surface area (Å²) in [6.45, 7) is 1.43. The van der Waals surface area contributed by atoms with E-state index >= 15 is 0 Å². The first kappa shape index (κ1) is 9.16. The van der Waals surface area contributed by atoms with Crippen molar-refractivity contribution in [2.75, 3.05) is 13.2 Å². The van der Waals surface area contributed by atoms with Crippen molar-refractivity contribution in [2.24, 2.45) is 5.92 Å². The minimum Gasteiger partial charge on any atom is -0.348 e. The van der Waals surface area contributed by atoms with Gasteiger partial charge in [0.15, 0.2) is 5.79 Å². The maximum absolute atomic E-state index is 10.4. The van der Waals surface area contributed by atoms with Crippen LogP contribution in [0.3, 0.4) is 0 Å². The second-order valence-corrected chi connectivity index (χ2v) is 3.97. The Kier molecular flexibility index (Phi) is 2.65. The topological polar surface area (TPSA) is 35.5 Å². The van der Waals surface area contributed by atoms with E-state index in [1.807, 2.05) is 0 Å². The van der Waals surface area contributed by atoms with Crippen LogP contribution in [0.25, 0.3) is 0 Å². The summed E-state index contributed by atoms with van der Waals surface area (Å²) in [5.41, 5.74) is 0. The smallest absolute Gasteiger partial charge is 0.168 e. The number of ether oxygens (including phenoxy) is 2. The van der Waals surface area contributed by atoms with Crippen molar-refractivity contribution in [3.63, 3.8) is 0 Å². The summed E-state index contributed by atoms with van der Waals surface area (Å²) in [4.78, 5) is 10.4. The Morgan fingerprint density at radius 2 is 2.15 bits per heavy atom. The first-order chi connectivity index (χ1) is 6.35. The Bertz CT molecular complexity index is 185. The Morgan fingerprint density at radius 1 is 1.38 bits per heavy atom. The summed E-state index contributed by atoms with van der Waals surface area (Å²) in [7, 11) is 0. The van der Waals surface area contributed by atoms with Gasteiger partial charge in [0.2, 0.25) is 0 Å². The second kappa shape index (κ2) is 3.76. The molecule has 0 amide bonds. The van der Waals surface area contributed by atoms with Crippen LogP contribution in [0.5, 0.6) is 0 Å². The number of carbonyl (C=O) groups is 1. The summed E-state index contributed by atoms with van der Waals surface area (Å²) in [5.74, 6) is 0.163. The molecule has 2 fully saturated rings. The molecule has 2 rings (SSSR count). The van der Waals surface area contributed by atoms with Crippen LogP contribution in [0.1, 0.15) is 32.1 Å².